The maximum atomic E-state index is 14.7. The molecule has 2 fully saturated rings. The number of carbonyl (C=O) groups is 3. The molecule has 2 atom stereocenters. The molecule has 1 N–H and O–H groups in total. The lowest BCUT2D eigenvalue weighted by Crippen LogP contribution is -2.58. The van der Waals surface area contributed by atoms with E-state index in [4.69, 9.17) is 43.0 Å². The molecule has 0 unspecified atom stereocenters. The summed E-state index contributed by atoms with van der Waals surface area (Å²) in [6, 6.07) is 1.99. The van der Waals surface area contributed by atoms with E-state index < -0.39 is 88.0 Å². The molecule has 2 aromatic carbocycles. The van der Waals surface area contributed by atoms with Crippen molar-refractivity contribution >= 4 is 94.1 Å². The Balaban J connectivity index is 1.72. The highest BCUT2D eigenvalue weighted by atomic mass is 35.5. The van der Waals surface area contributed by atoms with Gasteiger partial charge < -0.3 is 5.32 Å². The predicted molar refractivity (Wildman–Crippen MR) is 165 cm³/mol. The molecule has 17 heteroatoms. The summed E-state index contributed by atoms with van der Waals surface area (Å²) in [6.07, 6.45) is -0.544. The van der Waals surface area contributed by atoms with E-state index in [9.17, 15) is 37.2 Å². The van der Waals surface area contributed by atoms with E-state index in [0.717, 1.165) is 17.0 Å². The van der Waals surface area contributed by atoms with Crippen molar-refractivity contribution in [2.75, 3.05) is 9.80 Å². The van der Waals surface area contributed by atoms with Crippen LogP contribution in [0, 0.1) is 23.0 Å². The summed E-state index contributed by atoms with van der Waals surface area (Å²) in [4.78, 5) is 47.5. The zero-order valence-corrected chi connectivity index (χ0v) is 24.5. The van der Waals surface area contributed by atoms with Crippen LogP contribution in [0.1, 0.15) is 42.9 Å². The molecule has 0 spiro atoms. The predicted octanol–water partition coefficient (Wildman–Crippen LogP) is 0.244. The first-order valence-electron chi connectivity index (χ1n) is 13.7. The van der Waals surface area contributed by atoms with Gasteiger partial charge in [0.05, 0.1) is 17.3 Å². The maximum Gasteiger partial charge on any atom is 0.252 e. The molecule has 1 aliphatic heterocycles. The van der Waals surface area contributed by atoms with E-state index in [0.29, 0.717) is 11.0 Å². The van der Waals surface area contributed by atoms with Crippen molar-refractivity contribution in [2.45, 2.75) is 49.7 Å². The maximum absolute atomic E-state index is 14.7. The van der Waals surface area contributed by atoms with Crippen molar-refractivity contribution in [2.24, 2.45) is 0 Å². The number of halogens is 5. The third-order valence-electron chi connectivity index (χ3n) is 7.83. The van der Waals surface area contributed by atoms with Crippen LogP contribution in [-0.4, -0.2) is 72.1 Å². The molecule has 3 amide bonds. The summed E-state index contributed by atoms with van der Waals surface area (Å²) in [5.74, 6) is -8.21. The number of pyridine rings is 1. The van der Waals surface area contributed by atoms with E-state index >= 15 is 0 Å². The molecule has 46 heavy (non-hydrogen) atoms. The van der Waals surface area contributed by atoms with Gasteiger partial charge in [0.2, 0.25) is 11.8 Å². The largest absolute Gasteiger partial charge is 0.351 e. The lowest BCUT2D eigenvalue weighted by atomic mass is 9.64. The molecule has 8 nitrogen and oxygen atoms in total. The summed E-state index contributed by atoms with van der Waals surface area (Å²) >= 11 is 6.55. The SMILES string of the molecule is [B]c1c([B])c([B])c([C@@H](C(=O)NC2CC(F)(F)C2)N(C(=O)[C@@H]2CCC(=O)N2c2cc(C#N)ccn2)c2cc(F)cc(F)c2)c(Cl)c1[B]. The second-order valence-electron chi connectivity index (χ2n) is 10.9. The topological polar surface area (TPSA) is 106 Å². The first-order chi connectivity index (χ1) is 21.6. The number of hydrogen-bond donors (Lipinski definition) is 1. The van der Waals surface area contributed by atoms with Gasteiger partial charge in [0.15, 0.2) is 0 Å². The van der Waals surface area contributed by atoms with Crippen molar-refractivity contribution < 1.29 is 31.9 Å². The molecular weight excluding hydrogens is 621 g/mol. The molecule has 1 saturated heterocycles. The lowest BCUT2D eigenvalue weighted by Gasteiger charge is -2.40. The van der Waals surface area contributed by atoms with Crippen LogP contribution in [0.3, 0.4) is 0 Å². The Kier molecular flexibility index (Phi) is 9.01. The number of nitriles is 1. The smallest absolute Gasteiger partial charge is 0.252 e. The molecule has 2 heterocycles. The fourth-order valence-corrected chi connectivity index (χ4v) is 5.88. The standard InChI is InChI=1S/C29H18B4ClF4N5O3/c30-21-20(25(34)24(33)23(32)22(21)31)26(27(45)41-15-9-29(37,38)10-15)42(16-7-13(35)6-14(36)8-16)28(46)17-1-2-19(44)43(17)18-5-12(11-39)3-4-40-18/h3-8,15,17,26H,1-2,9-10H2,(H,41,45)/t17-,26-/m0/s1. The minimum Gasteiger partial charge on any atom is -0.351 e. The van der Waals surface area contributed by atoms with Gasteiger partial charge in [0.25, 0.3) is 11.8 Å². The van der Waals surface area contributed by atoms with Crippen molar-refractivity contribution in [1.29, 1.82) is 5.26 Å². The number of carbonyl (C=O) groups excluding carboxylic acids is 3. The highest BCUT2D eigenvalue weighted by Crippen LogP contribution is 2.39. The zero-order valence-electron chi connectivity index (χ0n) is 23.7. The summed E-state index contributed by atoms with van der Waals surface area (Å²) < 4.78 is 56.9. The molecule has 8 radical (unpaired) electrons. The third-order valence-corrected chi connectivity index (χ3v) is 8.24. The number of rotatable bonds is 7. The second kappa shape index (κ2) is 12.5. The molecule has 2 aliphatic rings. The summed E-state index contributed by atoms with van der Waals surface area (Å²) in [5.41, 5.74) is -2.18. The number of anilines is 2. The van der Waals surface area contributed by atoms with Crippen molar-refractivity contribution in [3.63, 3.8) is 0 Å². The van der Waals surface area contributed by atoms with Gasteiger partial charge in [-0.25, -0.2) is 22.5 Å². The minimum atomic E-state index is -3.06. The number of benzene rings is 2. The van der Waals surface area contributed by atoms with Crippen LogP contribution >= 0.6 is 11.6 Å². The van der Waals surface area contributed by atoms with Crippen LogP contribution in [0.15, 0.2) is 36.5 Å². The molecule has 1 saturated carbocycles. The number of nitrogens with one attached hydrogen (secondary N) is 1. The van der Waals surface area contributed by atoms with Crippen molar-refractivity contribution in [3.05, 3.63) is 64.3 Å². The Hall–Kier alpha value is -4.24. The van der Waals surface area contributed by atoms with Crippen LogP contribution < -0.4 is 37.0 Å². The Labute approximate surface area is 271 Å². The highest BCUT2D eigenvalue weighted by Gasteiger charge is 2.49. The number of alkyl halides is 2. The average Bonchev–Trinajstić information content (AvgIpc) is 3.38. The van der Waals surface area contributed by atoms with Gasteiger partial charge in [0.1, 0.15) is 60.9 Å². The molecule has 1 aromatic heterocycles. The summed E-state index contributed by atoms with van der Waals surface area (Å²) in [6.45, 7) is 0. The minimum absolute atomic E-state index is 0.0820. The normalized spacial score (nSPS) is 18.0. The molecule has 0 bridgehead atoms. The van der Waals surface area contributed by atoms with Crippen LogP contribution in [0.4, 0.5) is 29.1 Å². The fraction of sp³-hybridized carbons (Fsp3) is 0.276. The Bertz CT molecular complexity index is 1770. The number of hydrogen-bond acceptors (Lipinski definition) is 5. The first-order valence-corrected chi connectivity index (χ1v) is 14.1. The quantitative estimate of drug-likeness (QED) is 0.295. The van der Waals surface area contributed by atoms with E-state index in [1.807, 2.05) is 6.07 Å². The molecule has 224 valence electrons. The van der Waals surface area contributed by atoms with Gasteiger partial charge in [-0.2, -0.15) is 5.26 Å². The van der Waals surface area contributed by atoms with Gasteiger partial charge in [-0.05, 0) is 36.2 Å². The zero-order chi connectivity index (χ0) is 33.7. The van der Waals surface area contributed by atoms with Gasteiger partial charge in [-0.1, -0.05) is 22.5 Å². The van der Waals surface area contributed by atoms with E-state index in [1.165, 1.54) is 18.3 Å². The van der Waals surface area contributed by atoms with E-state index in [1.54, 1.807) is 0 Å². The molecular formula is C29H18B4ClF4N5O3. The average molecular weight is 639 g/mol. The lowest BCUT2D eigenvalue weighted by molar-refractivity contribution is -0.133. The Morgan fingerprint density at radius 2 is 1.70 bits per heavy atom. The van der Waals surface area contributed by atoms with Crippen LogP contribution in [0.25, 0.3) is 0 Å². The Morgan fingerprint density at radius 1 is 1.07 bits per heavy atom. The highest BCUT2D eigenvalue weighted by molar-refractivity contribution is 6.65. The van der Waals surface area contributed by atoms with Crippen LogP contribution in [-0.2, 0) is 14.4 Å². The van der Waals surface area contributed by atoms with Gasteiger partial charge >= 0.3 is 0 Å². The van der Waals surface area contributed by atoms with Crippen LogP contribution in [0.5, 0.6) is 0 Å². The van der Waals surface area contributed by atoms with E-state index in [2.05, 4.69) is 10.3 Å². The number of amides is 3. The second-order valence-corrected chi connectivity index (χ2v) is 11.3. The summed E-state index contributed by atoms with van der Waals surface area (Å²) in [5, 5.41) is 11.3. The van der Waals surface area contributed by atoms with Gasteiger partial charge in [0, 0.05) is 42.6 Å². The first kappa shape index (κ1) is 33.1. The fourth-order valence-electron chi connectivity index (χ4n) is 5.57. The van der Waals surface area contributed by atoms with Crippen LogP contribution in [0.2, 0.25) is 5.02 Å². The van der Waals surface area contributed by atoms with Crippen molar-refractivity contribution in [1.82, 2.24) is 10.3 Å². The third kappa shape index (κ3) is 6.12. The van der Waals surface area contributed by atoms with Gasteiger partial charge in [-0.15, -0.1) is 10.9 Å². The molecule has 5 rings (SSSR count). The Morgan fingerprint density at radius 3 is 2.30 bits per heavy atom. The molecule has 1 aliphatic carbocycles. The number of aromatic nitrogens is 1. The van der Waals surface area contributed by atoms with Gasteiger partial charge in [-0.3, -0.25) is 24.2 Å². The van der Waals surface area contributed by atoms with E-state index in [-0.39, 0.29) is 40.6 Å². The summed E-state index contributed by atoms with van der Waals surface area (Å²) in [7, 11) is 24.3. The van der Waals surface area contributed by atoms with Crippen molar-refractivity contribution in [3.8, 4) is 6.07 Å². The monoisotopic (exact) mass is 639 g/mol. The number of nitrogens with zero attached hydrogens (tertiary/aromatic N) is 4. The molecule has 3 aromatic rings.